The summed E-state index contributed by atoms with van der Waals surface area (Å²) in [4.78, 5) is 27.2. The Labute approximate surface area is 236 Å². The van der Waals surface area contributed by atoms with Crippen molar-refractivity contribution in [3.63, 3.8) is 0 Å². The van der Waals surface area contributed by atoms with Crippen LogP contribution in [-0.4, -0.2) is 31.8 Å². The Morgan fingerprint density at radius 1 is 0.900 bits per heavy atom. The van der Waals surface area contributed by atoms with E-state index in [1.54, 1.807) is 36.4 Å². The van der Waals surface area contributed by atoms with E-state index in [1.807, 2.05) is 51.1 Å². The zero-order valence-corrected chi connectivity index (χ0v) is 23.9. The van der Waals surface area contributed by atoms with E-state index in [9.17, 15) is 14.9 Å². The Bertz CT molecular complexity index is 1810. The van der Waals surface area contributed by atoms with Crippen molar-refractivity contribution in [3.8, 4) is 29.0 Å². The standard InChI is InChI=1S/C31H29N3O5S/c1-18-7-10-22(11-8-18)33-29(35)24(17-32)31-34(23-12-9-19(2)20(3)13-23)30(36)28(40-31)15-21-14-26(38-5)27(39-6)16-25(21)37-4/h7-16H,1-6H3,(H,33,35)/b28-15+,31-24-. The lowest BCUT2D eigenvalue weighted by Gasteiger charge is -2.11. The number of thiazole rings is 1. The molecule has 4 rings (SSSR count). The molecule has 0 unspecified atom stereocenters. The van der Waals surface area contributed by atoms with E-state index in [0.717, 1.165) is 28.0 Å². The minimum absolute atomic E-state index is 0.181. The van der Waals surface area contributed by atoms with Gasteiger partial charge in [-0.3, -0.25) is 14.2 Å². The van der Waals surface area contributed by atoms with Crippen molar-refractivity contribution in [2.24, 2.45) is 0 Å². The summed E-state index contributed by atoms with van der Waals surface area (Å²) in [7, 11) is 4.56. The molecule has 1 aromatic heterocycles. The van der Waals surface area contributed by atoms with Gasteiger partial charge in [0.05, 0.1) is 31.5 Å². The maximum absolute atomic E-state index is 13.9. The quantitative estimate of drug-likeness (QED) is 0.370. The lowest BCUT2D eigenvalue weighted by atomic mass is 10.1. The normalized spacial score (nSPS) is 12.0. The molecule has 0 spiro atoms. The van der Waals surface area contributed by atoms with Crippen LogP contribution in [0, 0.1) is 32.1 Å². The van der Waals surface area contributed by atoms with Gasteiger partial charge in [-0.2, -0.15) is 5.26 Å². The van der Waals surface area contributed by atoms with Gasteiger partial charge in [-0.05, 0) is 68.3 Å². The molecule has 204 valence electrons. The maximum atomic E-state index is 13.9. The molecular weight excluding hydrogens is 526 g/mol. The lowest BCUT2D eigenvalue weighted by molar-refractivity contribution is -0.111. The Hall–Kier alpha value is -4.81. The molecule has 4 aromatic rings. The average molecular weight is 556 g/mol. The molecule has 8 nitrogen and oxygen atoms in total. The van der Waals surface area contributed by atoms with Crippen molar-refractivity contribution >= 4 is 34.6 Å². The predicted octanol–water partition coefficient (Wildman–Crippen LogP) is 3.99. The van der Waals surface area contributed by atoms with E-state index in [2.05, 4.69) is 5.32 Å². The van der Waals surface area contributed by atoms with E-state index in [-0.39, 0.29) is 15.8 Å². The number of aromatic nitrogens is 1. The van der Waals surface area contributed by atoms with Crippen LogP contribution in [0.25, 0.3) is 17.3 Å². The van der Waals surface area contributed by atoms with Crippen LogP contribution in [0.15, 0.2) is 59.4 Å². The van der Waals surface area contributed by atoms with Gasteiger partial charge in [-0.1, -0.05) is 23.8 Å². The van der Waals surface area contributed by atoms with Crippen molar-refractivity contribution in [3.05, 3.63) is 96.4 Å². The predicted molar refractivity (Wildman–Crippen MR) is 157 cm³/mol. The number of benzene rings is 3. The number of anilines is 1. The number of aryl methyl sites for hydroxylation is 3. The molecule has 0 aliphatic rings. The third-order valence-corrected chi connectivity index (χ3v) is 7.55. The number of amides is 1. The number of ether oxygens (including phenoxy) is 3. The Morgan fingerprint density at radius 3 is 2.15 bits per heavy atom. The summed E-state index contributed by atoms with van der Waals surface area (Å²) >= 11 is 1.05. The third kappa shape index (κ3) is 5.63. The fourth-order valence-electron chi connectivity index (χ4n) is 4.08. The maximum Gasteiger partial charge on any atom is 0.273 e. The molecular formula is C31H29N3O5S. The van der Waals surface area contributed by atoms with Crippen LogP contribution >= 0.6 is 11.3 Å². The third-order valence-electron chi connectivity index (χ3n) is 6.46. The largest absolute Gasteiger partial charge is 0.496 e. The number of nitriles is 1. The molecule has 0 saturated carbocycles. The summed E-state index contributed by atoms with van der Waals surface area (Å²) in [6.45, 7) is 5.86. The van der Waals surface area contributed by atoms with Crippen molar-refractivity contribution in [1.29, 1.82) is 5.26 Å². The first-order valence-electron chi connectivity index (χ1n) is 12.3. The molecule has 1 amide bonds. The van der Waals surface area contributed by atoms with Gasteiger partial charge in [0.1, 0.15) is 16.5 Å². The fourth-order valence-corrected chi connectivity index (χ4v) is 5.17. The summed E-state index contributed by atoms with van der Waals surface area (Å²) in [5, 5.41) is 12.9. The van der Waals surface area contributed by atoms with Crippen molar-refractivity contribution < 1.29 is 19.0 Å². The van der Waals surface area contributed by atoms with Gasteiger partial charge >= 0.3 is 0 Å². The van der Waals surface area contributed by atoms with Crippen molar-refractivity contribution in [1.82, 2.24) is 4.57 Å². The lowest BCUT2D eigenvalue weighted by Crippen LogP contribution is -2.32. The summed E-state index contributed by atoms with van der Waals surface area (Å²) in [5.41, 5.74) is 4.16. The summed E-state index contributed by atoms with van der Waals surface area (Å²) in [6, 6.07) is 18.2. The van der Waals surface area contributed by atoms with E-state index in [4.69, 9.17) is 14.2 Å². The number of carbonyl (C=O) groups excluding carboxylic acids is 1. The second-order valence-corrected chi connectivity index (χ2v) is 10.1. The van der Waals surface area contributed by atoms with Crippen molar-refractivity contribution in [2.45, 2.75) is 20.8 Å². The van der Waals surface area contributed by atoms with E-state index >= 15 is 0 Å². The van der Waals surface area contributed by atoms with Crippen LogP contribution < -0.4 is 34.3 Å². The highest BCUT2D eigenvalue weighted by Crippen LogP contribution is 2.34. The number of methoxy groups -OCH3 is 3. The van der Waals surface area contributed by atoms with Gasteiger partial charge in [0.2, 0.25) is 0 Å². The van der Waals surface area contributed by atoms with Gasteiger partial charge in [-0.25, -0.2) is 0 Å². The first kappa shape index (κ1) is 28.2. The summed E-state index contributed by atoms with van der Waals surface area (Å²) in [5.74, 6) is 0.790. The van der Waals surface area contributed by atoms with Crippen LogP contribution in [0.2, 0.25) is 0 Å². The minimum atomic E-state index is -0.611. The number of carbonyl (C=O) groups is 1. The molecule has 1 N–H and O–H groups in total. The van der Waals surface area contributed by atoms with E-state index in [0.29, 0.717) is 38.7 Å². The highest BCUT2D eigenvalue weighted by atomic mass is 32.1. The van der Waals surface area contributed by atoms with Crippen LogP contribution in [0.1, 0.15) is 22.3 Å². The molecule has 0 radical (unpaired) electrons. The van der Waals surface area contributed by atoms with Crippen LogP contribution in [0.4, 0.5) is 5.69 Å². The minimum Gasteiger partial charge on any atom is -0.496 e. The Balaban J connectivity index is 2.02. The molecule has 0 aliphatic heterocycles. The molecule has 1 heterocycles. The van der Waals surface area contributed by atoms with Gasteiger partial charge in [-0.15, -0.1) is 11.3 Å². The highest BCUT2D eigenvalue weighted by Gasteiger charge is 2.18. The number of hydrogen-bond acceptors (Lipinski definition) is 7. The van der Waals surface area contributed by atoms with Crippen molar-refractivity contribution in [2.75, 3.05) is 26.6 Å². The molecule has 0 fully saturated rings. The number of rotatable bonds is 7. The van der Waals surface area contributed by atoms with Gasteiger partial charge in [0.25, 0.3) is 11.5 Å². The average Bonchev–Trinajstić information content (AvgIpc) is 3.26. The first-order chi connectivity index (χ1) is 19.2. The number of hydrogen-bond donors (Lipinski definition) is 1. The Kier molecular flexibility index (Phi) is 8.41. The molecule has 40 heavy (non-hydrogen) atoms. The molecule has 0 saturated heterocycles. The SMILES string of the molecule is COc1cc(OC)c(OC)cc1/C=c1/s/c(=C(/C#N)C(=O)Nc2ccc(C)cc2)n(-c2ccc(C)c(C)c2)c1=O. The smallest absolute Gasteiger partial charge is 0.273 e. The molecule has 0 aliphatic carbocycles. The number of nitrogens with zero attached hydrogens (tertiary/aromatic N) is 2. The zero-order valence-electron chi connectivity index (χ0n) is 23.1. The van der Waals surface area contributed by atoms with E-state index < -0.39 is 5.91 Å². The van der Waals surface area contributed by atoms with Gasteiger partial charge < -0.3 is 19.5 Å². The highest BCUT2D eigenvalue weighted by molar-refractivity contribution is 7.07. The molecule has 3 aromatic carbocycles. The van der Waals surface area contributed by atoms with Crippen LogP contribution in [-0.2, 0) is 4.79 Å². The fraction of sp³-hybridized carbons (Fsp3) is 0.194. The summed E-state index contributed by atoms with van der Waals surface area (Å²) in [6.07, 6.45) is 1.65. The molecule has 0 bridgehead atoms. The monoisotopic (exact) mass is 555 g/mol. The zero-order chi connectivity index (χ0) is 29.0. The first-order valence-corrected chi connectivity index (χ1v) is 13.2. The second-order valence-electron chi connectivity index (χ2n) is 9.08. The summed E-state index contributed by atoms with van der Waals surface area (Å²) < 4.78 is 18.3. The van der Waals surface area contributed by atoms with Gasteiger partial charge in [0.15, 0.2) is 17.1 Å². The van der Waals surface area contributed by atoms with Crippen LogP contribution in [0.5, 0.6) is 17.2 Å². The topological polar surface area (TPSA) is 103 Å². The molecule has 9 heteroatoms. The Morgan fingerprint density at radius 2 is 1.55 bits per heavy atom. The second kappa shape index (κ2) is 11.9. The number of nitrogens with one attached hydrogen (secondary N) is 1. The van der Waals surface area contributed by atoms with Crippen LogP contribution in [0.3, 0.4) is 0 Å². The van der Waals surface area contributed by atoms with Gasteiger partial charge in [0, 0.05) is 17.3 Å². The van der Waals surface area contributed by atoms with E-state index in [1.165, 1.54) is 25.9 Å². The molecule has 0 atom stereocenters.